The highest BCUT2D eigenvalue weighted by Gasteiger charge is 2.28. The summed E-state index contributed by atoms with van der Waals surface area (Å²) in [5.74, 6) is -1.69. The Bertz CT molecular complexity index is 908. The number of rotatable bonds is 7. The fourth-order valence-electron chi connectivity index (χ4n) is 3.28. The molecule has 2 amide bonds. The van der Waals surface area contributed by atoms with E-state index in [1.54, 1.807) is 0 Å². The average molecular weight is 394 g/mol. The molecule has 0 bridgehead atoms. The molecule has 7 nitrogen and oxygen atoms in total. The predicted octanol–water partition coefficient (Wildman–Crippen LogP) is 2.67. The second kappa shape index (κ2) is 9.05. The number of ether oxygens (including phenoxy) is 1. The zero-order chi connectivity index (χ0) is 20.8. The minimum atomic E-state index is -1.12. The number of nitrogens with one attached hydrogen (secondary N) is 2. The van der Waals surface area contributed by atoms with Crippen LogP contribution in [0.4, 0.5) is 4.79 Å². The molecule has 0 fully saturated rings. The standard InChI is InChI=1S/C22H22N2O5/c1-14(21(26)27)24-20(25)11-6-12-23-22(28)29-13-19-17-9-4-2-7-15(17)16-8-3-5-10-18(16)19/h2-11,14,19H,12-13H2,1H3,(H,23,28)(H,24,25)(H,26,27)/b11-6+/t14-/m1/s1. The molecule has 0 aliphatic heterocycles. The van der Waals surface area contributed by atoms with Crippen molar-refractivity contribution in [3.05, 3.63) is 71.8 Å². The number of benzene rings is 2. The van der Waals surface area contributed by atoms with Crippen molar-refractivity contribution in [2.75, 3.05) is 13.2 Å². The second-order valence-corrected chi connectivity index (χ2v) is 6.68. The number of hydrogen-bond donors (Lipinski definition) is 3. The maximum absolute atomic E-state index is 12.0. The largest absolute Gasteiger partial charge is 0.480 e. The predicted molar refractivity (Wildman–Crippen MR) is 107 cm³/mol. The molecule has 150 valence electrons. The summed E-state index contributed by atoms with van der Waals surface area (Å²) >= 11 is 0. The molecular weight excluding hydrogens is 372 g/mol. The van der Waals surface area contributed by atoms with Crippen LogP contribution in [0.3, 0.4) is 0 Å². The molecule has 3 N–H and O–H groups in total. The van der Waals surface area contributed by atoms with Crippen molar-refractivity contribution in [3.63, 3.8) is 0 Å². The Morgan fingerprint density at radius 1 is 1.07 bits per heavy atom. The van der Waals surface area contributed by atoms with Gasteiger partial charge in [0.2, 0.25) is 5.91 Å². The monoisotopic (exact) mass is 394 g/mol. The van der Waals surface area contributed by atoms with E-state index in [1.807, 2.05) is 36.4 Å². The molecular formula is C22H22N2O5. The highest BCUT2D eigenvalue weighted by Crippen LogP contribution is 2.44. The summed E-state index contributed by atoms with van der Waals surface area (Å²) in [5, 5.41) is 13.6. The highest BCUT2D eigenvalue weighted by molar-refractivity contribution is 5.91. The molecule has 1 aliphatic rings. The van der Waals surface area contributed by atoms with Gasteiger partial charge in [0, 0.05) is 18.5 Å². The summed E-state index contributed by atoms with van der Waals surface area (Å²) in [6.45, 7) is 1.66. The minimum Gasteiger partial charge on any atom is -0.480 e. The van der Waals surface area contributed by atoms with E-state index in [0.717, 1.165) is 22.3 Å². The summed E-state index contributed by atoms with van der Waals surface area (Å²) in [6, 6.07) is 15.2. The van der Waals surface area contributed by atoms with Gasteiger partial charge in [-0.15, -0.1) is 0 Å². The third-order valence-electron chi connectivity index (χ3n) is 4.71. The number of carboxylic acid groups (broad SMARTS) is 1. The van der Waals surface area contributed by atoms with Gasteiger partial charge in [-0.25, -0.2) is 4.79 Å². The fourth-order valence-corrected chi connectivity index (χ4v) is 3.28. The Morgan fingerprint density at radius 2 is 1.66 bits per heavy atom. The molecule has 1 atom stereocenters. The number of carbonyl (C=O) groups is 3. The van der Waals surface area contributed by atoms with Gasteiger partial charge >= 0.3 is 12.1 Å². The first-order chi connectivity index (χ1) is 14.0. The lowest BCUT2D eigenvalue weighted by Gasteiger charge is -2.14. The van der Waals surface area contributed by atoms with Crippen molar-refractivity contribution in [2.45, 2.75) is 18.9 Å². The van der Waals surface area contributed by atoms with Gasteiger partial charge < -0.3 is 20.5 Å². The number of carbonyl (C=O) groups excluding carboxylic acids is 2. The van der Waals surface area contributed by atoms with E-state index in [9.17, 15) is 14.4 Å². The van der Waals surface area contributed by atoms with Gasteiger partial charge in [0.15, 0.2) is 0 Å². The zero-order valence-corrected chi connectivity index (χ0v) is 15.9. The Hall–Kier alpha value is -3.61. The third-order valence-corrected chi connectivity index (χ3v) is 4.71. The van der Waals surface area contributed by atoms with Gasteiger partial charge in [0.05, 0.1) is 0 Å². The van der Waals surface area contributed by atoms with Crippen molar-refractivity contribution >= 4 is 18.0 Å². The molecule has 2 aromatic carbocycles. The van der Waals surface area contributed by atoms with Gasteiger partial charge in [0.25, 0.3) is 0 Å². The van der Waals surface area contributed by atoms with E-state index in [1.165, 1.54) is 19.1 Å². The summed E-state index contributed by atoms with van der Waals surface area (Å²) in [7, 11) is 0. The summed E-state index contributed by atoms with van der Waals surface area (Å²) in [4.78, 5) is 34.2. The van der Waals surface area contributed by atoms with Gasteiger partial charge in [-0.2, -0.15) is 0 Å². The smallest absolute Gasteiger partial charge is 0.407 e. The van der Waals surface area contributed by atoms with E-state index >= 15 is 0 Å². The molecule has 3 rings (SSSR count). The van der Waals surface area contributed by atoms with E-state index in [0.29, 0.717) is 0 Å². The normalized spacial score (nSPS) is 13.4. The van der Waals surface area contributed by atoms with Gasteiger partial charge in [-0.1, -0.05) is 54.6 Å². The number of carboxylic acids is 1. The lowest BCUT2D eigenvalue weighted by molar-refractivity contribution is -0.140. The molecule has 1 aliphatic carbocycles. The van der Waals surface area contributed by atoms with Crippen molar-refractivity contribution < 1.29 is 24.2 Å². The number of amides is 2. The first-order valence-corrected chi connectivity index (χ1v) is 9.26. The van der Waals surface area contributed by atoms with Crippen LogP contribution in [0.15, 0.2) is 60.7 Å². The average Bonchev–Trinajstić information content (AvgIpc) is 3.03. The third kappa shape index (κ3) is 4.82. The summed E-state index contributed by atoms with van der Waals surface area (Å²) < 4.78 is 5.38. The van der Waals surface area contributed by atoms with Crippen LogP contribution in [0.25, 0.3) is 11.1 Å². The van der Waals surface area contributed by atoms with Crippen LogP contribution in [0.2, 0.25) is 0 Å². The zero-order valence-electron chi connectivity index (χ0n) is 15.9. The van der Waals surface area contributed by atoms with E-state index < -0.39 is 24.0 Å². The van der Waals surface area contributed by atoms with Crippen LogP contribution in [-0.4, -0.2) is 42.3 Å². The minimum absolute atomic E-state index is 0.0213. The molecule has 0 aromatic heterocycles. The molecule has 7 heteroatoms. The van der Waals surface area contributed by atoms with Crippen molar-refractivity contribution in [1.29, 1.82) is 0 Å². The van der Waals surface area contributed by atoms with Gasteiger partial charge in [-0.3, -0.25) is 9.59 Å². The van der Waals surface area contributed by atoms with Crippen molar-refractivity contribution in [1.82, 2.24) is 10.6 Å². The Morgan fingerprint density at radius 3 is 2.24 bits per heavy atom. The highest BCUT2D eigenvalue weighted by atomic mass is 16.5. The number of fused-ring (bicyclic) bond motifs is 3. The molecule has 0 saturated heterocycles. The molecule has 0 unspecified atom stereocenters. The van der Waals surface area contributed by atoms with Gasteiger partial charge in [0.1, 0.15) is 12.6 Å². The molecule has 29 heavy (non-hydrogen) atoms. The SMILES string of the molecule is C[C@@H](NC(=O)/C=C/CNC(=O)OCC1c2ccccc2-c2ccccc21)C(=O)O. The van der Waals surface area contributed by atoms with Gasteiger partial charge in [-0.05, 0) is 29.2 Å². The van der Waals surface area contributed by atoms with Crippen LogP contribution in [0, 0.1) is 0 Å². The fraction of sp³-hybridized carbons (Fsp3) is 0.227. The van der Waals surface area contributed by atoms with E-state index in [4.69, 9.17) is 9.84 Å². The molecule has 2 aromatic rings. The summed E-state index contributed by atoms with van der Waals surface area (Å²) in [6.07, 6.45) is 2.00. The molecule has 0 radical (unpaired) electrons. The lowest BCUT2D eigenvalue weighted by Crippen LogP contribution is -2.37. The van der Waals surface area contributed by atoms with Crippen LogP contribution in [-0.2, 0) is 14.3 Å². The van der Waals surface area contributed by atoms with Crippen LogP contribution < -0.4 is 10.6 Å². The van der Waals surface area contributed by atoms with Crippen LogP contribution in [0.5, 0.6) is 0 Å². The van der Waals surface area contributed by atoms with Crippen molar-refractivity contribution in [2.24, 2.45) is 0 Å². The first kappa shape index (κ1) is 20.1. The lowest BCUT2D eigenvalue weighted by atomic mass is 9.98. The Balaban J connectivity index is 1.50. The molecule has 0 heterocycles. The maximum Gasteiger partial charge on any atom is 0.407 e. The first-order valence-electron chi connectivity index (χ1n) is 9.26. The maximum atomic E-state index is 12.0. The number of alkyl carbamates (subject to hydrolysis) is 1. The number of hydrogen-bond acceptors (Lipinski definition) is 4. The van der Waals surface area contributed by atoms with Crippen LogP contribution in [0.1, 0.15) is 24.0 Å². The van der Waals surface area contributed by atoms with Crippen LogP contribution >= 0.6 is 0 Å². The van der Waals surface area contributed by atoms with Crippen molar-refractivity contribution in [3.8, 4) is 11.1 Å². The second-order valence-electron chi connectivity index (χ2n) is 6.68. The number of aliphatic carboxylic acids is 1. The Labute approximate surface area is 168 Å². The Kier molecular flexibility index (Phi) is 6.29. The van der Waals surface area contributed by atoms with E-state index in [2.05, 4.69) is 22.8 Å². The molecule has 0 spiro atoms. The topological polar surface area (TPSA) is 105 Å². The summed E-state index contributed by atoms with van der Waals surface area (Å²) in [5.41, 5.74) is 4.57. The molecule has 0 saturated carbocycles. The van der Waals surface area contributed by atoms with E-state index in [-0.39, 0.29) is 19.1 Å². The quantitative estimate of drug-likeness (QED) is 0.626.